The topological polar surface area (TPSA) is 122 Å². The maximum atomic E-state index is 10.7. The minimum absolute atomic E-state index is 0. The van der Waals surface area contributed by atoms with Gasteiger partial charge in [-0.25, -0.2) is 14.4 Å². The second-order valence-electron chi connectivity index (χ2n) is 2.67. The molecule has 0 saturated heterocycles. The Kier molecular flexibility index (Phi) is 14.5. The molecule has 0 aliphatic heterocycles. The summed E-state index contributed by atoms with van der Waals surface area (Å²) in [6, 6.07) is -1.93. The van der Waals surface area contributed by atoms with Crippen LogP contribution in [0.15, 0.2) is 0 Å². The first-order valence-electron chi connectivity index (χ1n) is 3.83. The molecule has 0 radical (unpaired) electrons. The van der Waals surface area contributed by atoms with E-state index in [-0.39, 0.29) is 62.0 Å². The van der Waals surface area contributed by atoms with Crippen LogP contribution < -0.4 is 70.6 Å². The summed E-state index contributed by atoms with van der Waals surface area (Å²) in [5.74, 6) is -1.96. The smallest absolute Gasteiger partial charge is 1.00 e. The van der Waals surface area contributed by atoms with Crippen LogP contribution in [0.25, 0.3) is 0 Å². The molecule has 0 aromatic rings. The number of carbonyl (C=O) groups is 3. The third-order valence-electron chi connectivity index (χ3n) is 1.11. The molecular formula is C7H14N2Na2O5. The van der Waals surface area contributed by atoms with Crippen molar-refractivity contribution in [3.8, 4) is 0 Å². The van der Waals surface area contributed by atoms with Gasteiger partial charge in [0, 0.05) is 0 Å². The molecule has 0 aliphatic rings. The van der Waals surface area contributed by atoms with Gasteiger partial charge in [0.15, 0.2) is 0 Å². The van der Waals surface area contributed by atoms with E-state index in [1.807, 2.05) is 0 Å². The van der Waals surface area contributed by atoms with Crippen LogP contribution in [-0.4, -0.2) is 30.2 Å². The molecule has 0 aromatic heterocycles. The van der Waals surface area contributed by atoms with Gasteiger partial charge in [0.25, 0.3) is 0 Å². The van der Waals surface area contributed by atoms with Crippen molar-refractivity contribution < 1.29 is 85.8 Å². The Morgan fingerprint density at radius 1 is 0.938 bits per heavy atom. The Morgan fingerprint density at radius 3 is 1.38 bits per heavy atom. The molecule has 0 aliphatic carbocycles. The van der Waals surface area contributed by atoms with E-state index in [1.54, 1.807) is 0 Å². The van der Waals surface area contributed by atoms with Crippen molar-refractivity contribution in [2.45, 2.75) is 25.9 Å². The second kappa shape index (κ2) is 10.7. The number of rotatable bonds is 2. The van der Waals surface area contributed by atoms with E-state index >= 15 is 0 Å². The van der Waals surface area contributed by atoms with Crippen LogP contribution in [-0.2, 0) is 19.1 Å². The normalized spacial score (nSPS) is 12.2. The zero-order chi connectivity index (χ0) is 11.3. The first-order valence-corrected chi connectivity index (χ1v) is 3.83. The van der Waals surface area contributed by atoms with E-state index in [9.17, 15) is 14.4 Å². The Balaban J connectivity index is -0.000000141. The van der Waals surface area contributed by atoms with Crippen LogP contribution >= 0.6 is 0 Å². The van der Waals surface area contributed by atoms with Gasteiger partial charge < -0.3 is 23.8 Å². The number of carbonyl (C=O) groups excluding carboxylic acids is 3. The van der Waals surface area contributed by atoms with Gasteiger partial charge in [-0.15, -0.1) is 0 Å². The molecular weight excluding hydrogens is 238 g/mol. The summed E-state index contributed by atoms with van der Waals surface area (Å²) < 4.78 is 8.06. The van der Waals surface area contributed by atoms with E-state index in [0.717, 1.165) is 0 Å². The fourth-order valence-corrected chi connectivity index (χ4v) is 0.371. The molecule has 0 bridgehead atoms. The van der Waals surface area contributed by atoms with Crippen LogP contribution in [0.5, 0.6) is 0 Å². The monoisotopic (exact) mass is 252 g/mol. The van der Waals surface area contributed by atoms with Gasteiger partial charge in [-0.3, -0.25) is 0 Å². The fraction of sp³-hybridized carbons (Fsp3) is 0.571. The van der Waals surface area contributed by atoms with E-state index in [1.165, 1.54) is 13.8 Å². The quantitative estimate of drug-likeness (QED) is 0.284. The average Bonchev–Trinajstić information content (AvgIpc) is 2.03. The largest absolute Gasteiger partial charge is 1.00 e. The van der Waals surface area contributed by atoms with Gasteiger partial charge in [-0.1, -0.05) is 0 Å². The first kappa shape index (κ1) is 21.8. The van der Waals surface area contributed by atoms with Gasteiger partial charge in [0.2, 0.25) is 0 Å². The van der Waals surface area contributed by atoms with Crippen LogP contribution in [0.4, 0.5) is 4.79 Å². The number of nitrogens with two attached hydrogens (primary N) is 2. The van der Waals surface area contributed by atoms with E-state index < -0.39 is 30.2 Å². The Labute approximate surface area is 140 Å². The summed E-state index contributed by atoms with van der Waals surface area (Å²) in [4.78, 5) is 32.1. The number of esters is 2. The molecule has 0 amide bonds. The third-order valence-corrected chi connectivity index (χ3v) is 1.11. The minimum Gasteiger partial charge on any atom is -1.00 e. The Bertz CT molecular complexity index is 242. The summed E-state index contributed by atoms with van der Waals surface area (Å²) in [6.45, 7) is 2.64. The maximum Gasteiger partial charge on any atom is 1.00 e. The van der Waals surface area contributed by atoms with Crippen molar-refractivity contribution in [2.75, 3.05) is 0 Å². The van der Waals surface area contributed by atoms with Gasteiger partial charge in [-0.2, -0.15) is 0 Å². The van der Waals surface area contributed by atoms with Gasteiger partial charge in [0.05, 0.1) is 0 Å². The number of hydrogen-bond acceptors (Lipinski definition) is 7. The molecule has 0 spiro atoms. The van der Waals surface area contributed by atoms with Gasteiger partial charge in [-0.05, 0) is 13.8 Å². The van der Waals surface area contributed by atoms with Crippen molar-refractivity contribution in [1.82, 2.24) is 0 Å². The molecule has 0 rings (SSSR count). The first-order chi connectivity index (χ1) is 6.34. The fourth-order valence-electron chi connectivity index (χ4n) is 0.371. The second-order valence-corrected chi connectivity index (χ2v) is 2.67. The molecule has 9 heteroatoms. The summed E-state index contributed by atoms with van der Waals surface area (Å²) in [5.41, 5.74) is 10.2. The average molecular weight is 252 g/mol. The molecule has 4 N–H and O–H groups in total. The molecule has 7 nitrogen and oxygen atoms in total. The van der Waals surface area contributed by atoms with Crippen LogP contribution in [0.3, 0.4) is 0 Å². The standard InChI is InChI=1S/C7H12N2O5.2Na.2H/c1-3(8)5(10)13-7(12)14-6(11)4(2)9;;;;/h3-4H,8-9H2,1-2H3;;;;/q;2*+1;2*-1/t3-,4-;;;;/m0..../s1. The number of ether oxygens (including phenoxy) is 2. The predicted octanol–water partition coefficient (Wildman–Crippen LogP) is -6.88. The molecule has 0 saturated carbocycles. The molecule has 84 valence electrons. The van der Waals surface area contributed by atoms with E-state index in [2.05, 4.69) is 9.47 Å². The van der Waals surface area contributed by atoms with Crippen molar-refractivity contribution in [1.29, 1.82) is 0 Å². The van der Waals surface area contributed by atoms with E-state index in [0.29, 0.717) is 0 Å². The van der Waals surface area contributed by atoms with E-state index in [4.69, 9.17) is 11.5 Å². The molecule has 0 unspecified atom stereocenters. The minimum atomic E-state index is -1.42. The Hall–Kier alpha value is 0.530. The zero-order valence-corrected chi connectivity index (χ0v) is 13.9. The Morgan fingerprint density at radius 2 is 1.19 bits per heavy atom. The van der Waals surface area contributed by atoms with Gasteiger partial charge in [0.1, 0.15) is 12.1 Å². The predicted molar refractivity (Wildman–Crippen MR) is 47.1 cm³/mol. The number of hydrogen-bond donors (Lipinski definition) is 2. The van der Waals surface area contributed by atoms with Crippen molar-refractivity contribution in [2.24, 2.45) is 11.5 Å². The molecule has 0 fully saturated rings. The van der Waals surface area contributed by atoms with Crippen molar-refractivity contribution >= 4 is 18.1 Å². The third kappa shape index (κ3) is 9.73. The van der Waals surface area contributed by atoms with Crippen molar-refractivity contribution in [3.05, 3.63) is 0 Å². The SMILES string of the molecule is C[C@H](N)C(=O)OC(=O)OC(=O)[C@H](C)N.[H-].[H-].[Na+].[Na+]. The molecule has 16 heavy (non-hydrogen) atoms. The summed E-state index contributed by atoms with van der Waals surface area (Å²) in [7, 11) is 0. The van der Waals surface area contributed by atoms with Crippen molar-refractivity contribution in [3.63, 3.8) is 0 Å². The molecule has 0 aromatic carbocycles. The zero-order valence-electron chi connectivity index (χ0n) is 11.9. The van der Waals surface area contributed by atoms with Gasteiger partial charge >= 0.3 is 77.2 Å². The summed E-state index contributed by atoms with van der Waals surface area (Å²) in [5, 5.41) is 0. The summed E-state index contributed by atoms with van der Waals surface area (Å²) in [6.07, 6.45) is -1.42. The van der Waals surface area contributed by atoms with Crippen LogP contribution in [0, 0.1) is 0 Å². The summed E-state index contributed by atoms with van der Waals surface area (Å²) >= 11 is 0. The molecule has 0 heterocycles. The van der Waals surface area contributed by atoms with Crippen LogP contribution in [0.2, 0.25) is 0 Å². The maximum absolute atomic E-state index is 10.7. The molecule has 2 atom stereocenters. The van der Waals surface area contributed by atoms with Crippen LogP contribution in [0.1, 0.15) is 16.7 Å².